The average molecular weight is 443 g/mol. The van der Waals surface area contributed by atoms with Gasteiger partial charge in [-0.2, -0.15) is 0 Å². The molecule has 0 aliphatic heterocycles. The highest BCUT2D eigenvalue weighted by Gasteiger charge is 2.09. The van der Waals surface area contributed by atoms with Crippen LogP contribution in [0, 0.1) is 0 Å². The molecule has 2 aromatic carbocycles. The molecule has 6 heteroatoms. The van der Waals surface area contributed by atoms with Crippen LogP contribution in [0.4, 0.5) is 0 Å². The van der Waals surface area contributed by atoms with Crippen molar-refractivity contribution < 1.29 is 24.2 Å². The number of hydrogen-bond acceptors (Lipinski definition) is 5. The van der Waals surface area contributed by atoms with E-state index in [1.807, 2.05) is 24.3 Å². The first-order valence-electron chi connectivity index (χ1n) is 10.4. The topological polar surface area (TPSA) is 72.8 Å². The van der Waals surface area contributed by atoms with Crippen molar-refractivity contribution in [1.82, 2.24) is 0 Å². The fourth-order valence-corrected chi connectivity index (χ4v) is 3.68. The van der Waals surface area contributed by atoms with Crippen LogP contribution in [0.2, 0.25) is 0 Å². The van der Waals surface area contributed by atoms with Gasteiger partial charge in [-0.1, -0.05) is 44.4 Å². The molecule has 0 heterocycles. The van der Waals surface area contributed by atoms with Gasteiger partial charge in [0, 0.05) is 16.9 Å². The summed E-state index contributed by atoms with van der Waals surface area (Å²) >= 11 is 1.26. The lowest BCUT2D eigenvalue weighted by atomic mass is 10.1. The quantitative estimate of drug-likeness (QED) is 0.224. The molecule has 0 aliphatic carbocycles. The highest BCUT2D eigenvalue weighted by Crippen LogP contribution is 2.25. The van der Waals surface area contributed by atoms with Crippen molar-refractivity contribution in [1.29, 1.82) is 0 Å². The van der Waals surface area contributed by atoms with E-state index >= 15 is 0 Å². The van der Waals surface area contributed by atoms with Gasteiger partial charge in [0.15, 0.2) is 5.78 Å². The monoisotopic (exact) mass is 442 g/mol. The van der Waals surface area contributed by atoms with Crippen LogP contribution in [0.5, 0.6) is 11.5 Å². The first-order valence-corrected chi connectivity index (χ1v) is 11.6. The Balaban J connectivity index is 1.95. The van der Waals surface area contributed by atoms with Gasteiger partial charge in [0.1, 0.15) is 11.5 Å². The van der Waals surface area contributed by atoms with E-state index in [9.17, 15) is 9.59 Å². The van der Waals surface area contributed by atoms with E-state index in [1.54, 1.807) is 31.4 Å². The molecule has 0 amide bonds. The first-order chi connectivity index (χ1) is 15.0. The van der Waals surface area contributed by atoms with Crippen LogP contribution < -0.4 is 9.47 Å². The second-order valence-corrected chi connectivity index (χ2v) is 8.07. The van der Waals surface area contributed by atoms with Crippen molar-refractivity contribution in [3.05, 3.63) is 65.2 Å². The normalized spacial score (nSPS) is 10.9. The maximum absolute atomic E-state index is 12.6. The van der Waals surface area contributed by atoms with E-state index in [0.29, 0.717) is 17.1 Å². The number of benzene rings is 2. The summed E-state index contributed by atoms with van der Waals surface area (Å²) in [7, 11) is 1.56. The van der Waals surface area contributed by atoms with E-state index in [1.165, 1.54) is 37.1 Å². The van der Waals surface area contributed by atoms with Gasteiger partial charge in [0.25, 0.3) is 0 Å². The van der Waals surface area contributed by atoms with Gasteiger partial charge in [-0.25, -0.2) is 0 Å². The lowest BCUT2D eigenvalue weighted by molar-refractivity contribution is -0.133. The summed E-state index contributed by atoms with van der Waals surface area (Å²) in [5.74, 6) is 0.942. The van der Waals surface area contributed by atoms with Crippen LogP contribution in [-0.2, 0) is 10.5 Å². The van der Waals surface area contributed by atoms with Crippen LogP contribution in [0.15, 0.2) is 48.5 Å². The van der Waals surface area contributed by atoms with E-state index in [0.717, 1.165) is 29.9 Å². The fourth-order valence-electron chi connectivity index (χ4n) is 2.96. The van der Waals surface area contributed by atoms with Crippen LogP contribution in [0.3, 0.4) is 0 Å². The Kier molecular flexibility index (Phi) is 10.7. The SMILES string of the molecule is CCCCCCOc1ccc(C=CC(=O)c2ccc(OC)c(CSCC(=O)O)c2)cc1. The van der Waals surface area contributed by atoms with Crippen molar-refractivity contribution >= 4 is 29.6 Å². The molecule has 0 bridgehead atoms. The Morgan fingerprint density at radius 2 is 1.84 bits per heavy atom. The number of rotatable bonds is 14. The molecule has 0 saturated carbocycles. The van der Waals surface area contributed by atoms with Gasteiger partial charge in [-0.3, -0.25) is 9.59 Å². The number of unbranched alkanes of at least 4 members (excludes halogenated alkanes) is 3. The van der Waals surface area contributed by atoms with Crippen molar-refractivity contribution in [2.24, 2.45) is 0 Å². The number of methoxy groups -OCH3 is 1. The second kappa shape index (κ2) is 13.5. The van der Waals surface area contributed by atoms with Gasteiger partial charge in [-0.05, 0) is 48.4 Å². The molecule has 166 valence electrons. The molecule has 0 aromatic heterocycles. The zero-order valence-corrected chi connectivity index (χ0v) is 19.0. The Morgan fingerprint density at radius 1 is 1.06 bits per heavy atom. The lowest BCUT2D eigenvalue weighted by Crippen LogP contribution is -2.01. The minimum atomic E-state index is -0.868. The third kappa shape index (κ3) is 8.89. The largest absolute Gasteiger partial charge is 0.496 e. The van der Waals surface area contributed by atoms with Gasteiger partial charge >= 0.3 is 5.97 Å². The van der Waals surface area contributed by atoms with E-state index in [2.05, 4.69) is 6.92 Å². The maximum Gasteiger partial charge on any atom is 0.313 e. The van der Waals surface area contributed by atoms with Gasteiger partial charge in [-0.15, -0.1) is 11.8 Å². The number of ketones is 1. The average Bonchev–Trinajstić information content (AvgIpc) is 2.77. The standard InChI is InChI=1S/C25H30O5S/c1-3-4-5-6-15-30-22-11-7-19(8-12-22)9-13-23(26)20-10-14-24(29-2)21(16-20)17-31-18-25(27)28/h7-14,16H,3-6,15,17-18H2,1-2H3,(H,27,28). The molecule has 0 atom stereocenters. The molecule has 1 N–H and O–H groups in total. The third-order valence-corrected chi connectivity index (χ3v) is 5.59. The zero-order chi connectivity index (χ0) is 22.5. The smallest absolute Gasteiger partial charge is 0.313 e. The van der Waals surface area contributed by atoms with E-state index in [-0.39, 0.29) is 11.5 Å². The highest BCUT2D eigenvalue weighted by atomic mass is 32.2. The number of thioether (sulfide) groups is 1. The van der Waals surface area contributed by atoms with Crippen molar-refractivity contribution in [2.45, 2.75) is 38.4 Å². The zero-order valence-electron chi connectivity index (χ0n) is 18.1. The molecule has 2 aromatic rings. The van der Waals surface area contributed by atoms with Crippen LogP contribution >= 0.6 is 11.8 Å². The summed E-state index contributed by atoms with van der Waals surface area (Å²) in [6.45, 7) is 2.91. The highest BCUT2D eigenvalue weighted by molar-refractivity contribution is 7.99. The number of allylic oxidation sites excluding steroid dienone is 1. The number of carbonyl (C=O) groups excluding carboxylic acids is 1. The van der Waals surface area contributed by atoms with Gasteiger partial charge in [0.2, 0.25) is 0 Å². The Bertz CT molecular complexity index is 874. The predicted molar refractivity (Wildman–Crippen MR) is 126 cm³/mol. The number of carbonyl (C=O) groups is 2. The molecular formula is C25H30O5S. The number of ether oxygens (including phenoxy) is 2. The molecule has 0 spiro atoms. The summed E-state index contributed by atoms with van der Waals surface area (Å²) in [6, 6.07) is 12.9. The molecule has 0 aliphatic rings. The minimum Gasteiger partial charge on any atom is -0.496 e. The molecule has 5 nitrogen and oxygen atoms in total. The first kappa shape index (κ1) is 24.5. The number of carboxylic acid groups (broad SMARTS) is 1. The van der Waals surface area contributed by atoms with Crippen LogP contribution in [0.1, 0.15) is 54.1 Å². The summed E-state index contributed by atoms with van der Waals surface area (Å²) in [6.07, 6.45) is 8.00. The Morgan fingerprint density at radius 3 is 2.52 bits per heavy atom. The third-order valence-electron chi connectivity index (χ3n) is 4.62. The molecule has 0 fully saturated rings. The minimum absolute atomic E-state index is 0.000317. The molecule has 0 saturated heterocycles. The van der Waals surface area contributed by atoms with Crippen molar-refractivity contribution in [3.8, 4) is 11.5 Å². The summed E-state index contributed by atoms with van der Waals surface area (Å²) in [5.41, 5.74) is 2.25. The van der Waals surface area contributed by atoms with Crippen molar-refractivity contribution in [2.75, 3.05) is 19.5 Å². The van der Waals surface area contributed by atoms with Gasteiger partial charge < -0.3 is 14.6 Å². The molecule has 31 heavy (non-hydrogen) atoms. The number of hydrogen-bond donors (Lipinski definition) is 1. The fraction of sp³-hybridized carbons (Fsp3) is 0.360. The summed E-state index contributed by atoms with van der Waals surface area (Å²) in [5, 5.41) is 8.81. The van der Waals surface area contributed by atoms with Crippen molar-refractivity contribution in [3.63, 3.8) is 0 Å². The summed E-state index contributed by atoms with van der Waals surface area (Å²) < 4.78 is 11.1. The van der Waals surface area contributed by atoms with Crippen LogP contribution in [-0.4, -0.2) is 36.3 Å². The molecule has 0 radical (unpaired) electrons. The van der Waals surface area contributed by atoms with E-state index < -0.39 is 5.97 Å². The lowest BCUT2D eigenvalue weighted by Gasteiger charge is -2.09. The van der Waals surface area contributed by atoms with Crippen LogP contribution in [0.25, 0.3) is 6.08 Å². The molecular weight excluding hydrogens is 412 g/mol. The molecule has 0 unspecified atom stereocenters. The molecule has 2 rings (SSSR count). The predicted octanol–water partition coefficient (Wildman–Crippen LogP) is 5.87. The Labute approximate surface area is 188 Å². The summed E-state index contributed by atoms with van der Waals surface area (Å²) in [4.78, 5) is 23.3. The number of carboxylic acids is 1. The number of aliphatic carboxylic acids is 1. The Hall–Kier alpha value is -2.73. The van der Waals surface area contributed by atoms with E-state index in [4.69, 9.17) is 14.6 Å². The van der Waals surface area contributed by atoms with Gasteiger partial charge in [0.05, 0.1) is 19.5 Å². The maximum atomic E-state index is 12.6. The second-order valence-electron chi connectivity index (χ2n) is 7.09.